The maximum absolute atomic E-state index is 11.2. The Bertz CT molecular complexity index is 1060. The predicted octanol–water partition coefficient (Wildman–Crippen LogP) is -0.457. The van der Waals surface area contributed by atoms with Crippen LogP contribution in [0.1, 0.15) is 25.0 Å². The number of aliphatic hydroxyl groups is 1. The first-order valence-corrected chi connectivity index (χ1v) is 15.4. The van der Waals surface area contributed by atoms with Gasteiger partial charge < -0.3 is 45.4 Å². The number of likely N-dealkylation sites (tertiary alicyclic amines) is 1. The number of anilines is 3. The lowest BCUT2D eigenvalue weighted by molar-refractivity contribution is 0.122. The quantitative estimate of drug-likeness (QED) is 0.120. The molecule has 16 heteroatoms. The normalized spacial score (nSPS) is 17.5. The standard InChI is InChI=1S/C23H41N10O5P/c34-12-5-24-4-1-6-33-18-20(29-30-33)17-25-23-27-21(16-22(28-23)32-9-13-38-14-10-32)26-19-2-7-31(8-3-19)11-15-39(35,36)37/h16,18-19,24,34H,1-15,17H2,(H2,35,36,37)(H2,25,26,27,28). The van der Waals surface area contributed by atoms with E-state index in [9.17, 15) is 4.57 Å². The number of aromatic nitrogens is 5. The molecule has 39 heavy (non-hydrogen) atoms. The van der Waals surface area contributed by atoms with E-state index in [1.54, 1.807) is 0 Å². The molecule has 218 valence electrons. The summed E-state index contributed by atoms with van der Waals surface area (Å²) in [5, 5.41) is 27.3. The van der Waals surface area contributed by atoms with Crippen molar-refractivity contribution in [1.82, 2.24) is 35.2 Å². The minimum atomic E-state index is -3.98. The highest BCUT2D eigenvalue weighted by Gasteiger charge is 2.23. The Labute approximate surface area is 228 Å². The topological polar surface area (TPSA) is 186 Å². The van der Waals surface area contributed by atoms with Crippen LogP contribution in [0, 0.1) is 0 Å². The van der Waals surface area contributed by atoms with Crippen LogP contribution >= 0.6 is 7.60 Å². The van der Waals surface area contributed by atoms with Gasteiger partial charge in [0.15, 0.2) is 0 Å². The third kappa shape index (κ3) is 10.3. The van der Waals surface area contributed by atoms with Crippen LogP contribution in [0.25, 0.3) is 0 Å². The molecule has 0 radical (unpaired) electrons. The van der Waals surface area contributed by atoms with E-state index in [-0.39, 0.29) is 18.8 Å². The van der Waals surface area contributed by atoms with Crippen LogP contribution in [0.4, 0.5) is 17.6 Å². The van der Waals surface area contributed by atoms with Gasteiger partial charge >= 0.3 is 7.60 Å². The molecular formula is C23H41N10O5P. The molecule has 2 fully saturated rings. The molecule has 2 aromatic rings. The van der Waals surface area contributed by atoms with E-state index >= 15 is 0 Å². The third-order valence-corrected chi connectivity index (χ3v) is 7.52. The lowest BCUT2D eigenvalue weighted by Gasteiger charge is -2.33. The average Bonchev–Trinajstić information content (AvgIpc) is 3.39. The first kappa shape index (κ1) is 29.6. The van der Waals surface area contributed by atoms with E-state index in [4.69, 9.17) is 29.6 Å². The molecule has 0 amide bonds. The van der Waals surface area contributed by atoms with Crippen LogP contribution in [0.5, 0.6) is 0 Å². The Balaban J connectivity index is 1.34. The zero-order valence-corrected chi connectivity index (χ0v) is 23.2. The van der Waals surface area contributed by atoms with E-state index in [1.807, 2.05) is 16.9 Å². The van der Waals surface area contributed by atoms with Crippen LogP contribution in [-0.4, -0.2) is 123 Å². The van der Waals surface area contributed by atoms with E-state index in [1.165, 1.54) is 0 Å². The summed E-state index contributed by atoms with van der Waals surface area (Å²) in [6.07, 6.45) is 4.41. The van der Waals surface area contributed by atoms with E-state index < -0.39 is 7.60 Å². The van der Waals surface area contributed by atoms with Gasteiger partial charge in [-0.3, -0.25) is 9.25 Å². The van der Waals surface area contributed by atoms with Gasteiger partial charge in [0.05, 0.1) is 38.7 Å². The van der Waals surface area contributed by atoms with Crippen LogP contribution in [0.3, 0.4) is 0 Å². The fraction of sp³-hybridized carbons (Fsp3) is 0.739. The number of aryl methyl sites for hydroxylation is 1. The molecule has 0 spiro atoms. The molecular weight excluding hydrogens is 527 g/mol. The molecule has 4 rings (SSSR count). The van der Waals surface area contributed by atoms with Gasteiger partial charge in [-0.05, 0) is 25.8 Å². The van der Waals surface area contributed by atoms with E-state index in [2.05, 4.69) is 36.1 Å². The van der Waals surface area contributed by atoms with Crippen molar-refractivity contribution in [3.05, 3.63) is 18.0 Å². The van der Waals surface area contributed by atoms with Gasteiger partial charge in [0.1, 0.15) is 17.3 Å². The second kappa shape index (κ2) is 14.8. The van der Waals surface area contributed by atoms with E-state index in [0.717, 1.165) is 75.9 Å². The number of piperidine rings is 1. The van der Waals surface area contributed by atoms with Crippen molar-refractivity contribution in [3.8, 4) is 0 Å². The number of morpholine rings is 1. The maximum atomic E-state index is 11.2. The fourth-order valence-corrected chi connectivity index (χ4v) is 5.14. The Kier molecular flexibility index (Phi) is 11.3. The lowest BCUT2D eigenvalue weighted by Crippen LogP contribution is -2.40. The van der Waals surface area contributed by atoms with Crippen molar-refractivity contribution in [1.29, 1.82) is 0 Å². The summed E-state index contributed by atoms with van der Waals surface area (Å²) < 4.78 is 18.5. The highest BCUT2D eigenvalue weighted by molar-refractivity contribution is 7.51. The van der Waals surface area contributed by atoms with Crippen LogP contribution in [-0.2, 0) is 22.4 Å². The molecule has 2 aliphatic heterocycles. The van der Waals surface area contributed by atoms with Gasteiger partial charge in [0, 0.05) is 57.9 Å². The smallest absolute Gasteiger partial charge is 0.326 e. The molecule has 0 aromatic carbocycles. The maximum Gasteiger partial charge on any atom is 0.326 e. The minimum absolute atomic E-state index is 0.107. The molecule has 0 atom stereocenters. The van der Waals surface area contributed by atoms with Gasteiger partial charge in [-0.15, -0.1) is 5.10 Å². The summed E-state index contributed by atoms with van der Waals surface area (Å²) in [6.45, 7) is 7.48. The second-order valence-corrected chi connectivity index (χ2v) is 11.6. The van der Waals surface area contributed by atoms with Crippen molar-refractivity contribution in [2.75, 3.05) is 87.3 Å². The molecule has 15 nitrogen and oxygen atoms in total. The van der Waals surface area contributed by atoms with Crippen molar-refractivity contribution in [3.63, 3.8) is 0 Å². The summed E-state index contributed by atoms with van der Waals surface area (Å²) in [6, 6.07) is 2.18. The number of hydrogen-bond donors (Lipinski definition) is 6. The van der Waals surface area contributed by atoms with Gasteiger partial charge in [-0.25, -0.2) is 0 Å². The fourth-order valence-electron chi connectivity index (χ4n) is 4.59. The molecule has 0 saturated carbocycles. The number of nitrogens with one attached hydrogen (secondary N) is 3. The number of nitrogens with zero attached hydrogens (tertiary/aromatic N) is 7. The summed E-state index contributed by atoms with van der Waals surface area (Å²) >= 11 is 0. The molecule has 2 aromatic heterocycles. The molecule has 4 heterocycles. The second-order valence-electron chi connectivity index (χ2n) is 9.84. The molecule has 2 aliphatic rings. The Hall–Kier alpha value is -2.39. The number of ether oxygens (including phenoxy) is 1. The molecule has 0 aliphatic carbocycles. The van der Waals surface area contributed by atoms with Crippen molar-refractivity contribution in [2.24, 2.45) is 0 Å². The van der Waals surface area contributed by atoms with Crippen molar-refractivity contribution in [2.45, 2.75) is 38.4 Å². The zero-order valence-electron chi connectivity index (χ0n) is 22.3. The van der Waals surface area contributed by atoms with Crippen molar-refractivity contribution >= 4 is 25.2 Å². The summed E-state index contributed by atoms with van der Waals surface area (Å²) in [5.41, 5.74) is 0.788. The molecule has 0 unspecified atom stereocenters. The molecule has 2 saturated heterocycles. The SMILES string of the molecule is O=P(O)(O)CCN1CCC(Nc2cc(N3CCOCC3)nc(NCc3cn(CCCNCCO)nn3)n2)CC1. The summed E-state index contributed by atoms with van der Waals surface area (Å²) in [5.74, 6) is 2.07. The Morgan fingerprint density at radius 2 is 1.87 bits per heavy atom. The summed E-state index contributed by atoms with van der Waals surface area (Å²) in [4.78, 5) is 32.1. The monoisotopic (exact) mass is 568 g/mol. The number of aliphatic hydroxyl groups excluding tert-OH is 1. The Morgan fingerprint density at radius 3 is 2.62 bits per heavy atom. The van der Waals surface area contributed by atoms with Crippen LogP contribution in [0.15, 0.2) is 12.3 Å². The van der Waals surface area contributed by atoms with Crippen molar-refractivity contribution < 1.29 is 24.2 Å². The van der Waals surface area contributed by atoms with Gasteiger partial charge in [0.2, 0.25) is 5.95 Å². The highest BCUT2D eigenvalue weighted by atomic mass is 31.2. The lowest BCUT2D eigenvalue weighted by atomic mass is 10.1. The van der Waals surface area contributed by atoms with Gasteiger partial charge in [-0.1, -0.05) is 5.21 Å². The largest absolute Gasteiger partial charge is 0.395 e. The predicted molar refractivity (Wildman–Crippen MR) is 147 cm³/mol. The van der Waals surface area contributed by atoms with Crippen LogP contribution < -0.4 is 20.9 Å². The Morgan fingerprint density at radius 1 is 1.08 bits per heavy atom. The third-order valence-electron chi connectivity index (χ3n) is 6.74. The highest BCUT2D eigenvalue weighted by Crippen LogP contribution is 2.34. The van der Waals surface area contributed by atoms with E-state index in [0.29, 0.717) is 38.8 Å². The van der Waals surface area contributed by atoms with Gasteiger partial charge in [0.25, 0.3) is 0 Å². The zero-order chi connectivity index (χ0) is 27.5. The molecule has 0 bridgehead atoms. The molecule has 6 N–H and O–H groups in total. The van der Waals surface area contributed by atoms with Gasteiger partial charge in [-0.2, -0.15) is 9.97 Å². The average molecular weight is 569 g/mol. The minimum Gasteiger partial charge on any atom is -0.395 e. The number of rotatable bonds is 15. The first-order valence-electron chi connectivity index (χ1n) is 13.6. The number of hydrogen-bond acceptors (Lipinski definition) is 12. The summed E-state index contributed by atoms with van der Waals surface area (Å²) in [7, 11) is -3.98. The van der Waals surface area contributed by atoms with Crippen LogP contribution in [0.2, 0.25) is 0 Å². The first-order chi connectivity index (χ1) is 18.9.